The first-order valence-corrected chi connectivity index (χ1v) is 8.13. The van der Waals surface area contributed by atoms with E-state index in [2.05, 4.69) is 34.7 Å². The van der Waals surface area contributed by atoms with Gasteiger partial charge in [-0.15, -0.1) is 0 Å². The molecule has 0 aliphatic carbocycles. The Balaban J connectivity index is 2.37. The monoisotopic (exact) mass is 451 g/mol. The molecule has 1 N–H and O–H groups in total. The second-order valence-electron chi connectivity index (χ2n) is 3.32. The first-order valence-electron chi connectivity index (χ1n) is 4.89. The number of carboxylic acids is 1. The second kappa shape index (κ2) is 5.81. The molecular weight excluding hydrogens is 442 g/mol. The third kappa shape index (κ3) is 3.41. The van der Waals surface area contributed by atoms with Crippen molar-refractivity contribution in [1.29, 1.82) is 0 Å². The summed E-state index contributed by atoms with van der Waals surface area (Å²) in [7, 11) is 0. The van der Waals surface area contributed by atoms with Crippen molar-refractivity contribution < 1.29 is 31.1 Å². The Morgan fingerprint density at radius 2 is 1.82 bits per heavy atom. The van der Waals surface area contributed by atoms with Gasteiger partial charge in [-0.2, -0.15) is 0 Å². The van der Waals surface area contributed by atoms with E-state index in [1.54, 1.807) is 6.07 Å². The van der Waals surface area contributed by atoms with Crippen molar-refractivity contribution in [2.75, 3.05) is 0 Å². The van der Waals surface area contributed by atoms with E-state index in [4.69, 9.17) is 5.11 Å². The molecule has 4 heteroatoms. The van der Waals surface area contributed by atoms with Crippen LogP contribution < -0.4 is 21.2 Å². The average Bonchev–Trinajstić information content (AvgIpc) is 2.30. The summed E-state index contributed by atoms with van der Waals surface area (Å²) in [5.74, 6) is -0.841. The number of hydrogen-bond donors (Lipinski definition) is 1. The maximum atomic E-state index is 11.1. The van der Waals surface area contributed by atoms with Crippen molar-refractivity contribution in [3.05, 3.63) is 64.8 Å². The molecule has 0 heterocycles. The Morgan fingerprint density at radius 3 is 2.47 bits per heavy atom. The molecule has 0 aliphatic rings. The second-order valence-corrected chi connectivity index (χ2v) is 7.51. The van der Waals surface area contributed by atoms with Crippen LogP contribution in [-0.2, 0) is 0 Å². The van der Waals surface area contributed by atoms with Crippen molar-refractivity contribution >= 4 is 28.6 Å². The van der Waals surface area contributed by atoms with Crippen molar-refractivity contribution in [2.24, 2.45) is 0 Å². The predicted octanol–water partition coefficient (Wildman–Crippen LogP) is 0.118. The van der Waals surface area contributed by atoms with Crippen LogP contribution in [0.1, 0.15) is 10.4 Å². The Morgan fingerprint density at radius 1 is 1.12 bits per heavy atom. The topological polar surface area (TPSA) is 37.3 Å². The van der Waals surface area contributed by atoms with E-state index in [0.29, 0.717) is 5.56 Å². The summed E-state index contributed by atoms with van der Waals surface area (Å²) in [4.78, 5) is 11.1. The van der Waals surface area contributed by atoms with Gasteiger partial charge in [0, 0.05) is 0 Å². The molecule has 2 nitrogen and oxygen atoms in total. The van der Waals surface area contributed by atoms with Crippen LogP contribution >= 0.6 is 22.6 Å². The summed E-state index contributed by atoms with van der Waals surface area (Å²) in [6.07, 6.45) is 0. The molecule has 0 radical (unpaired) electrons. The van der Waals surface area contributed by atoms with E-state index in [1.165, 1.54) is 3.57 Å². The maximum absolute atomic E-state index is 11.1. The molecule has 0 bridgehead atoms. The van der Waals surface area contributed by atoms with Crippen LogP contribution in [0.4, 0.5) is 0 Å². The fraction of sp³-hybridized carbons (Fsp3) is 0. The molecule has 0 amide bonds. The van der Waals surface area contributed by atoms with Gasteiger partial charge in [0.05, 0.1) is 0 Å². The third-order valence-corrected chi connectivity index (χ3v) is 5.59. The number of carboxylic acid groups (broad SMARTS) is 1. The van der Waals surface area contributed by atoms with Gasteiger partial charge >= 0.3 is 124 Å². The van der Waals surface area contributed by atoms with E-state index in [1.807, 2.05) is 30.3 Å². The number of halogens is 2. The number of rotatable bonds is 3. The van der Waals surface area contributed by atoms with Gasteiger partial charge in [0.1, 0.15) is 0 Å². The summed E-state index contributed by atoms with van der Waals surface area (Å²) in [5.41, 5.74) is 0.432. The van der Waals surface area contributed by atoms with E-state index in [0.717, 1.165) is 7.14 Å². The Kier molecular flexibility index (Phi) is 4.38. The molecule has 2 aromatic carbocycles. The quantitative estimate of drug-likeness (QED) is 0.674. The molecule has 0 saturated carbocycles. The van der Waals surface area contributed by atoms with Gasteiger partial charge in [-0.3, -0.25) is 0 Å². The van der Waals surface area contributed by atoms with Gasteiger partial charge in [-0.1, -0.05) is 0 Å². The van der Waals surface area contributed by atoms with Crippen molar-refractivity contribution in [2.45, 2.75) is 0 Å². The molecule has 0 unspecified atom stereocenters. The van der Waals surface area contributed by atoms with E-state index >= 15 is 0 Å². The van der Waals surface area contributed by atoms with Crippen LogP contribution in [0.5, 0.6) is 0 Å². The summed E-state index contributed by atoms with van der Waals surface area (Å²) >= 11 is 1.78. The standard InChI is InChI=1S/C13H9I2O2/c14-9-6-7-11(13(16)17)12(8-9)15-10-4-2-1-3-5-10/h1-8H,(H,16,17)/q-1. The Labute approximate surface area is 123 Å². The number of hydrogen-bond acceptors (Lipinski definition) is 1. The fourth-order valence-corrected chi connectivity index (χ4v) is 5.06. The third-order valence-electron chi connectivity index (χ3n) is 2.11. The summed E-state index contributed by atoms with van der Waals surface area (Å²) in [6, 6.07) is 15.6. The van der Waals surface area contributed by atoms with Crippen molar-refractivity contribution in [1.82, 2.24) is 0 Å². The fourth-order valence-electron chi connectivity index (χ4n) is 1.34. The minimum absolute atomic E-state index is 0.429. The Hall–Kier alpha value is -0.630. The predicted molar refractivity (Wildman–Crippen MR) is 70.0 cm³/mol. The van der Waals surface area contributed by atoms with Crippen molar-refractivity contribution in [3.63, 3.8) is 0 Å². The first-order chi connectivity index (χ1) is 8.16. The summed E-state index contributed by atoms with van der Waals surface area (Å²) in [5, 5.41) is 9.15. The zero-order valence-electron chi connectivity index (χ0n) is 8.73. The molecule has 0 spiro atoms. The number of benzene rings is 2. The zero-order valence-corrected chi connectivity index (χ0v) is 13.0. The molecule has 0 aliphatic heterocycles. The molecule has 0 saturated heterocycles. The molecule has 0 aromatic heterocycles. The van der Waals surface area contributed by atoms with Gasteiger partial charge in [0.2, 0.25) is 0 Å². The SMILES string of the molecule is O=C(O)c1ccc(I)cc1[I-]c1ccccc1. The molecule has 88 valence electrons. The van der Waals surface area contributed by atoms with E-state index < -0.39 is 27.2 Å². The van der Waals surface area contributed by atoms with Crippen LogP contribution in [0, 0.1) is 10.7 Å². The minimum atomic E-state index is -0.841. The molecular formula is C13H9I2O2-. The van der Waals surface area contributed by atoms with Crippen LogP contribution in [0.2, 0.25) is 0 Å². The van der Waals surface area contributed by atoms with E-state index in [9.17, 15) is 4.79 Å². The van der Waals surface area contributed by atoms with Gasteiger partial charge < -0.3 is 0 Å². The summed E-state index contributed by atoms with van der Waals surface area (Å²) in [6.45, 7) is 0. The number of aromatic carboxylic acids is 1. The van der Waals surface area contributed by atoms with Crippen LogP contribution in [0.25, 0.3) is 0 Å². The zero-order chi connectivity index (χ0) is 12.3. The van der Waals surface area contributed by atoms with Crippen LogP contribution in [0.3, 0.4) is 0 Å². The average molecular weight is 451 g/mol. The number of carbonyl (C=O) groups is 1. The molecule has 2 rings (SSSR count). The molecule has 2 aromatic rings. The van der Waals surface area contributed by atoms with Crippen LogP contribution in [-0.4, -0.2) is 11.1 Å². The van der Waals surface area contributed by atoms with Gasteiger partial charge in [-0.25, -0.2) is 0 Å². The van der Waals surface area contributed by atoms with Crippen molar-refractivity contribution in [3.8, 4) is 0 Å². The Bertz CT molecular complexity index is 538. The molecule has 17 heavy (non-hydrogen) atoms. The normalized spacial score (nSPS) is 10.4. The molecule has 0 fully saturated rings. The first kappa shape index (κ1) is 12.8. The van der Waals surface area contributed by atoms with Gasteiger partial charge in [-0.05, 0) is 0 Å². The van der Waals surface area contributed by atoms with Gasteiger partial charge in [0.25, 0.3) is 0 Å². The van der Waals surface area contributed by atoms with E-state index in [-0.39, 0.29) is 0 Å². The summed E-state index contributed by atoms with van der Waals surface area (Å²) < 4.78 is 3.28. The van der Waals surface area contributed by atoms with Crippen LogP contribution in [0.15, 0.2) is 48.5 Å². The van der Waals surface area contributed by atoms with Gasteiger partial charge in [0.15, 0.2) is 0 Å². The molecule has 0 atom stereocenters.